The predicted molar refractivity (Wildman–Crippen MR) is 150 cm³/mol. The van der Waals surface area contributed by atoms with E-state index in [1.165, 1.54) is 12.1 Å². The van der Waals surface area contributed by atoms with E-state index in [2.05, 4.69) is 0 Å². The summed E-state index contributed by atoms with van der Waals surface area (Å²) >= 11 is 0. The highest BCUT2D eigenvalue weighted by Crippen LogP contribution is 2.46. The zero-order chi connectivity index (χ0) is 29.1. The van der Waals surface area contributed by atoms with Gasteiger partial charge >= 0.3 is 0 Å². The van der Waals surface area contributed by atoms with Crippen LogP contribution in [0, 0.1) is 11.7 Å². The van der Waals surface area contributed by atoms with Crippen molar-refractivity contribution in [3.63, 3.8) is 0 Å². The first-order valence-electron chi connectivity index (χ1n) is 13.9. The maximum Gasteiger partial charge on any atom is 0.233 e. The first kappa shape index (κ1) is 29.2. The van der Waals surface area contributed by atoms with E-state index in [1.54, 1.807) is 24.1 Å². The van der Waals surface area contributed by atoms with Gasteiger partial charge in [0.2, 0.25) is 5.91 Å². The Morgan fingerprint density at radius 3 is 2.12 bits per heavy atom. The van der Waals surface area contributed by atoms with Gasteiger partial charge in [0.25, 0.3) is 0 Å². The molecule has 0 radical (unpaired) electrons. The molecule has 0 unspecified atom stereocenters. The Bertz CT molecular complexity index is 1300. The van der Waals surface area contributed by atoms with Crippen molar-refractivity contribution in [3.8, 4) is 5.75 Å². The van der Waals surface area contributed by atoms with E-state index in [1.807, 2.05) is 48.5 Å². The van der Waals surface area contributed by atoms with Crippen molar-refractivity contribution in [2.24, 2.45) is 5.92 Å². The molecule has 0 bridgehead atoms. The summed E-state index contributed by atoms with van der Waals surface area (Å²) in [5.41, 5.74) is 3.61. The maximum absolute atomic E-state index is 13.4. The molecule has 3 aromatic carbocycles. The van der Waals surface area contributed by atoms with Crippen LogP contribution < -0.4 is 9.64 Å². The van der Waals surface area contributed by atoms with Gasteiger partial charge in [-0.25, -0.2) is 4.39 Å². The molecule has 9 heteroatoms. The second kappa shape index (κ2) is 12.7. The number of β-lactam (4-membered cyclic amide) rings is 1. The lowest BCUT2D eigenvalue weighted by molar-refractivity contribution is -0.228. The Morgan fingerprint density at radius 2 is 1.49 bits per heavy atom. The lowest BCUT2D eigenvalue weighted by atomic mass is 9.78. The van der Waals surface area contributed by atoms with Crippen LogP contribution in [-0.2, 0) is 22.4 Å². The molecule has 2 saturated heterocycles. The Kier molecular flexibility index (Phi) is 9.01. The topological polar surface area (TPSA) is 120 Å². The van der Waals surface area contributed by atoms with Gasteiger partial charge in [0, 0.05) is 12.1 Å². The lowest BCUT2D eigenvalue weighted by Gasteiger charge is -2.48. The van der Waals surface area contributed by atoms with Crippen LogP contribution in [0.4, 0.5) is 10.1 Å². The fourth-order valence-electron chi connectivity index (χ4n) is 5.85. The molecule has 41 heavy (non-hydrogen) atoms. The third-order valence-corrected chi connectivity index (χ3v) is 8.21. The number of aliphatic hydroxyl groups excluding tert-OH is 4. The smallest absolute Gasteiger partial charge is 0.233 e. The molecule has 0 aliphatic carbocycles. The minimum absolute atomic E-state index is 0.0460. The van der Waals surface area contributed by atoms with Gasteiger partial charge in [-0.2, -0.15) is 0 Å². The summed E-state index contributed by atoms with van der Waals surface area (Å²) in [6, 6.07) is 21.4. The molecule has 0 spiro atoms. The first-order chi connectivity index (χ1) is 19.8. The summed E-state index contributed by atoms with van der Waals surface area (Å²) in [4.78, 5) is 15.2. The van der Waals surface area contributed by atoms with Crippen LogP contribution in [0.15, 0.2) is 72.8 Å². The number of anilines is 1. The van der Waals surface area contributed by atoms with Crippen LogP contribution in [-0.4, -0.2) is 70.6 Å². The highest BCUT2D eigenvalue weighted by molar-refractivity contribution is 6.03. The first-order valence-corrected chi connectivity index (χ1v) is 13.9. The number of aliphatic hydroxyl groups is 4. The van der Waals surface area contributed by atoms with Gasteiger partial charge in [-0.1, -0.05) is 36.4 Å². The number of carbonyl (C=O) groups excluding carboxylic acids is 1. The maximum atomic E-state index is 13.4. The second-order valence-corrected chi connectivity index (χ2v) is 10.8. The van der Waals surface area contributed by atoms with E-state index in [4.69, 9.17) is 9.47 Å². The average Bonchev–Trinajstić information content (AvgIpc) is 2.99. The van der Waals surface area contributed by atoms with Crippen LogP contribution in [0.3, 0.4) is 0 Å². The summed E-state index contributed by atoms with van der Waals surface area (Å²) in [5.74, 6) is 0.262. The number of halogens is 1. The minimum Gasteiger partial charge on any atom is -0.497 e. The van der Waals surface area contributed by atoms with E-state index >= 15 is 0 Å². The molecule has 218 valence electrons. The van der Waals surface area contributed by atoms with Gasteiger partial charge < -0.3 is 34.8 Å². The molecule has 2 heterocycles. The summed E-state index contributed by atoms with van der Waals surface area (Å²) in [7, 11) is 1.59. The molecule has 5 rings (SSSR count). The zero-order valence-electron chi connectivity index (χ0n) is 22.8. The summed E-state index contributed by atoms with van der Waals surface area (Å²) in [6.07, 6.45) is -3.37. The van der Waals surface area contributed by atoms with Crippen molar-refractivity contribution in [2.75, 3.05) is 18.6 Å². The molecule has 2 aliphatic rings. The fourth-order valence-corrected chi connectivity index (χ4v) is 5.85. The molecule has 2 fully saturated rings. The van der Waals surface area contributed by atoms with E-state index in [-0.39, 0.29) is 30.1 Å². The molecule has 7 atom stereocenters. The molecule has 8 nitrogen and oxygen atoms in total. The van der Waals surface area contributed by atoms with E-state index in [0.717, 1.165) is 35.2 Å². The molecule has 0 saturated carbocycles. The number of nitrogens with zero attached hydrogens (tertiary/aromatic N) is 1. The number of hydrogen-bond acceptors (Lipinski definition) is 7. The van der Waals surface area contributed by atoms with Gasteiger partial charge in [0.05, 0.1) is 31.8 Å². The number of carbonyl (C=O) groups is 1. The Labute approximate surface area is 238 Å². The summed E-state index contributed by atoms with van der Waals surface area (Å²) < 4.78 is 24.2. The number of amides is 1. The third-order valence-electron chi connectivity index (χ3n) is 8.21. The highest BCUT2D eigenvalue weighted by Gasteiger charge is 2.48. The molecule has 3 aromatic rings. The number of methoxy groups -OCH3 is 1. The van der Waals surface area contributed by atoms with Crippen LogP contribution in [0.1, 0.15) is 35.6 Å². The van der Waals surface area contributed by atoms with Crippen molar-refractivity contribution in [1.29, 1.82) is 0 Å². The Balaban J connectivity index is 1.32. The lowest BCUT2D eigenvalue weighted by Crippen LogP contribution is -2.59. The second-order valence-electron chi connectivity index (χ2n) is 10.8. The van der Waals surface area contributed by atoms with Gasteiger partial charge in [-0.3, -0.25) is 4.79 Å². The van der Waals surface area contributed by atoms with Crippen LogP contribution in [0.25, 0.3) is 0 Å². The standard InChI is InChI=1S/C32H36FNO7/c1-40-24-15-13-23(14-16-24)34-28(25(32(34)39)4-2-3-19-7-11-22(33)12-8-19)21-9-5-20(6-10-21)17-26-29(36)31(38)30(37)27(18-35)41-26/h5-16,25-31,35-38H,2-4,17-18H2,1H3/t25-,26+,27-,28-,29+,30-,31-/m1/s1. The average molecular weight is 566 g/mol. The van der Waals surface area contributed by atoms with Crippen molar-refractivity contribution in [1.82, 2.24) is 0 Å². The molecular weight excluding hydrogens is 529 g/mol. The summed E-state index contributed by atoms with van der Waals surface area (Å²) in [6.45, 7) is -0.472. The van der Waals surface area contributed by atoms with E-state index in [0.29, 0.717) is 12.2 Å². The summed E-state index contributed by atoms with van der Waals surface area (Å²) in [5, 5.41) is 40.1. The molecular formula is C32H36FNO7. The highest BCUT2D eigenvalue weighted by atomic mass is 19.1. The van der Waals surface area contributed by atoms with Gasteiger partial charge in [0.15, 0.2) is 0 Å². The Hall–Kier alpha value is -3.34. The van der Waals surface area contributed by atoms with Gasteiger partial charge in [-0.05, 0) is 72.4 Å². The fraction of sp³-hybridized carbons (Fsp3) is 0.406. The minimum atomic E-state index is -1.42. The van der Waals surface area contributed by atoms with E-state index < -0.39 is 37.1 Å². The quantitative estimate of drug-likeness (QED) is 0.279. The number of benzene rings is 3. The largest absolute Gasteiger partial charge is 0.497 e. The number of ether oxygens (including phenoxy) is 2. The van der Waals surface area contributed by atoms with Crippen LogP contribution in [0.2, 0.25) is 0 Å². The number of aryl methyl sites for hydroxylation is 1. The predicted octanol–water partition coefficient (Wildman–Crippen LogP) is 2.95. The van der Waals surface area contributed by atoms with Crippen molar-refractivity contribution < 1.29 is 39.1 Å². The van der Waals surface area contributed by atoms with Gasteiger partial charge in [-0.15, -0.1) is 0 Å². The molecule has 1 amide bonds. The zero-order valence-corrected chi connectivity index (χ0v) is 22.8. The van der Waals surface area contributed by atoms with Gasteiger partial charge in [0.1, 0.15) is 36.0 Å². The van der Waals surface area contributed by atoms with Crippen molar-refractivity contribution in [2.45, 2.75) is 62.2 Å². The third kappa shape index (κ3) is 6.14. The van der Waals surface area contributed by atoms with Crippen LogP contribution >= 0.6 is 0 Å². The molecule has 2 aliphatic heterocycles. The monoisotopic (exact) mass is 565 g/mol. The Morgan fingerprint density at radius 1 is 0.854 bits per heavy atom. The molecule has 4 N–H and O–H groups in total. The van der Waals surface area contributed by atoms with E-state index in [9.17, 15) is 29.6 Å². The van der Waals surface area contributed by atoms with Crippen molar-refractivity contribution >= 4 is 11.6 Å². The normalized spacial score (nSPS) is 27.9. The SMILES string of the molecule is COc1ccc(N2C(=O)[C@H](CCCc3ccc(F)cc3)[C@H]2c2ccc(C[C@@H]3O[C@H](CO)[C@@H](O)[C@H](O)[C@H]3O)cc2)cc1. The number of hydrogen-bond donors (Lipinski definition) is 4. The van der Waals surface area contributed by atoms with Crippen LogP contribution in [0.5, 0.6) is 5.75 Å². The number of rotatable bonds is 10. The molecule has 0 aromatic heterocycles. The van der Waals surface area contributed by atoms with Crippen molar-refractivity contribution in [3.05, 3.63) is 95.3 Å².